The van der Waals surface area contributed by atoms with E-state index in [4.69, 9.17) is 4.98 Å². The summed E-state index contributed by atoms with van der Waals surface area (Å²) in [6.07, 6.45) is 3.79. The molecule has 33 heavy (non-hydrogen) atoms. The van der Waals surface area contributed by atoms with E-state index in [1.54, 1.807) is 0 Å². The van der Waals surface area contributed by atoms with Crippen molar-refractivity contribution in [1.29, 1.82) is 0 Å². The fourth-order valence-corrected chi connectivity index (χ4v) is 4.86. The van der Waals surface area contributed by atoms with Crippen molar-refractivity contribution in [1.82, 2.24) is 19.8 Å². The molecule has 0 unspecified atom stereocenters. The molecule has 170 valence electrons. The third kappa shape index (κ3) is 5.22. The highest BCUT2D eigenvalue weighted by Gasteiger charge is 2.31. The van der Waals surface area contributed by atoms with Gasteiger partial charge in [0.2, 0.25) is 5.91 Å². The van der Waals surface area contributed by atoms with Crippen molar-refractivity contribution in [3.63, 3.8) is 0 Å². The van der Waals surface area contributed by atoms with Gasteiger partial charge in [-0.15, -0.1) is 0 Å². The average molecular weight is 442 g/mol. The second-order valence-electron chi connectivity index (χ2n) is 8.98. The first-order valence-electron chi connectivity index (χ1n) is 11.9. The molecule has 6 nitrogen and oxygen atoms in total. The van der Waals surface area contributed by atoms with Gasteiger partial charge in [0, 0.05) is 57.6 Å². The van der Waals surface area contributed by atoms with Crippen molar-refractivity contribution in [3.8, 4) is 11.4 Å². The highest BCUT2D eigenvalue weighted by Crippen LogP contribution is 2.25. The van der Waals surface area contributed by atoms with Crippen molar-refractivity contribution in [2.75, 3.05) is 44.2 Å². The number of rotatable bonds is 5. The van der Waals surface area contributed by atoms with Gasteiger partial charge in [0.05, 0.1) is 5.92 Å². The van der Waals surface area contributed by atoms with Crippen molar-refractivity contribution in [2.45, 2.75) is 19.4 Å². The summed E-state index contributed by atoms with van der Waals surface area (Å²) in [5, 5.41) is 0. The second kappa shape index (κ2) is 10.1. The van der Waals surface area contributed by atoms with Crippen LogP contribution in [0.15, 0.2) is 72.9 Å². The van der Waals surface area contributed by atoms with E-state index >= 15 is 0 Å². The molecule has 1 atom stereocenters. The Morgan fingerprint density at radius 2 is 1.61 bits per heavy atom. The number of carbonyl (C=O) groups is 1. The first-order chi connectivity index (χ1) is 16.3. The molecule has 0 spiro atoms. The zero-order chi connectivity index (χ0) is 22.5. The van der Waals surface area contributed by atoms with Crippen LogP contribution in [0.3, 0.4) is 0 Å². The van der Waals surface area contributed by atoms with Gasteiger partial charge in [-0.3, -0.25) is 9.69 Å². The van der Waals surface area contributed by atoms with E-state index in [0.29, 0.717) is 5.91 Å². The molecule has 0 bridgehead atoms. The smallest absolute Gasteiger partial charge is 0.227 e. The van der Waals surface area contributed by atoms with Crippen LogP contribution >= 0.6 is 0 Å². The maximum Gasteiger partial charge on any atom is 0.227 e. The number of amides is 1. The molecule has 2 aliphatic heterocycles. The molecular weight excluding hydrogens is 410 g/mol. The van der Waals surface area contributed by atoms with E-state index in [-0.39, 0.29) is 5.92 Å². The molecule has 0 radical (unpaired) electrons. The molecule has 0 aliphatic carbocycles. The van der Waals surface area contributed by atoms with Crippen LogP contribution in [0, 0.1) is 5.92 Å². The molecule has 0 saturated carbocycles. The quantitative estimate of drug-likeness (QED) is 0.604. The molecule has 1 amide bonds. The summed E-state index contributed by atoms with van der Waals surface area (Å²) in [6.45, 7) is 6.11. The summed E-state index contributed by atoms with van der Waals surface area (Å²) in [5.74, 6) is 1.98. The number of hydrogen-bond acceptors (Lipinski definition) is 5. The van der Waals surface area contributed by atoms with Gasteiger partial charge in [0.1, 0.15) is 5.82 Å². The SMILES string of the molecule is O=C([C@H]1CCCN(c2ccnc(-c3ccccc3)n2)C1)N1CCN(Cc2ccccc2)CC1. The fraction of sp³-hybridized carbons (Fsp3) is 0.370. The van der Waals surface area contributed by atoms with Crippen molar-refractivity contribution >= 4 is 11.7 Å². The number of carbonyl (C=O) groups excluding carboxylic acids is 1. The largest absolute Gasteiger partial charge is 0.356 e. The Hall–Kier alpha value is -3.25. The molecule has 2 aromatic carbocycles. The van der Waals surface area contributed by atoms with Gasteiger partial charge in [-0.2, -0.15) is 0 Å². The monoisotopic (exact) mass is 441 g/mol. The van der Waals surface area contributed by atoms with Crippen LogP contribution in [-0.2, 0) is 11.3 Å². The molecular formula is C27H31N5O. The van der Waals surface area contributed by atoms with Crippen molar-refractivity contribution < 1.29 is 4.79 Å². The van der Waals surface area contributed by atoms with Crippen molar-refractivity contribution in [3.05, 3.63) is 78.5 Å². The minimum Gasteiger partial charge on any atom is -0.356 e. The number of benzene rings is 2. The zero-order valence-electron chi connectivity index (χ0n) is 19.0. The number of hydrogen-bond donors (Lipinski definition) is 0. The molecule has 6 heteroatoms. The lowest BCUT2D eigenvalue weighted by atomic mass is 9.96. The number of aromatic nitrogens is 2. The average Bonchev–Trinajstić information content (AvgIpc) is 2.90. The molecule has 2 saturated heterocycles. The van der Waals surface area contributed by atoms with Crippen LogP contribution in [0.4, 0.5) is 5.82 Å². The predicted molar refractivity (Wildman–Crippen MR) is 131 cm³/mol. The van der Waals surface area contributed by atoms with Gasteiger partial charge in [-0.25, -0.2) is 9.97 Å². The van der Waals surface area contributed by atoms with Crippen LogP contribution in [-0.4, -0.2) is 64.9 Å². The maximum atomic E-state index is 13.3. The summed E-state index contributed by atoms with van der Waals surface area (Å²) >= 11 is 0. The van der Waals surface area contributed by atoms with E-state index in [9.17, 15) is 4.79 Å². The Morgan fingerprint density at radius 1 is 0.879 bits per heavy atom. The number of nitrogens with zero attached hydrogens (tertiary/aromatic N) is 5. The van der Waals surface area contributed by atoms with Gasteiger partial charge >= 0.3 is 0 Å². The van der Waals surface area contributed by atoms with Gasteiger partial charge in [-0.05, 0) is 24.5 Å². The summed E-state index contributed by atoms with van der Waals surface area (Å²) in [5.41, 5.74) is 2.34. The molecule has 2 aliphatic rings. The predicted octanol–water partition coefficient (Wildman–Crippen LogP) is 3.70. The number of piperidine rings is 1. The van der Waals surface area contributed by atoms with Crippen LogP contribution in [0.5, 0.6) is 0 Å². The molecule has 0 N–H and O–H groups in total. The van der Waals surface area contributed by atoms with E-state index in [1.807, 2.05) is 42.6 Å². The topological polar surface area (TPSA) is 52.6 Å². The van der Waals surface area contributed by atoms with Gasteiger partial charge in [0.15, 0.2) is 5.82 Å². The van der Waals surface area contributed by atoms with Crippen LogP contribution in [0.2, 0.25) is 0 Å². The fourth-order valence-electron chi connectivity index (χ4n) is 4.86. The van der Waals surface area contributed by atoms with Crippen molar-refractivity contribution in [2.24, 2.45) is 5.92 Å². The molecule has 2 fully saturated rings. The Kier molecular flexibility index (Phi) is 6.63. The lowest BCUT2D eigenvalue weighted by Gasteiger charge is -2.39. The number of piperazine rings is 1. The summed E-state index contributed by atoms with van der Waals surface area (Å²) in [6, 6.07) is 22.6. The third-order valence-electron chi connectivity index (χ3n) is 6.70. The van der Waals surface area contributed by atoms with E-state index < -0.39 is 0 Å². The first kappa shape index (κ1) is 21.6. The third-order valence-corrected chi connectivity index (χ3v) is 6.70. The van der Waals surface area contributed by atoms with E-state index in [0.717, 1.165) is 75.9 Å². The zero-order valence-corrected chi connectivity index (χ0v) is 19.0. The van der Waals surface area contributed by atoms with Gasteiger partial charge in [-0.1, -0.05) is 60.7 Å². The Balaban J connectivity index is 1.19. The lowest BCUT2D eigenvalue weighted by Crippen LogP contribution is -2.52. The standard InChI is InChI=1S/C27H31N5O/c33-27(31-18-16-30(17-19-31)20-22-8-3-1-4-9-22)24-12-7-15-32(21-24)25-13-14-28-26(29-25)23-10-5-2-6-11-23/h1-6,8-11,13-14,24H,7,12,15-21H2/t24-/m0/s1. The summed E-state index contributed by atoms with van der Waals surface area (Å²) < 4.78 is 0. The van der Waals surface area contributed by atoms with Crippen LogP contribution in [0.25, 0.3) is 11.4 Å². The van der Waals surface area contributed by atoms with Gasteiger partial charge in [0.25, 0.3) is 0 Å². The molecule has 5 rings (SSSR count). The summed E-state index contributed by atoms with van der Waals surface area (Å²) in [7, 11) is 0. The minimum absolute atomic E-state index is 0.0366. The Labute approximate surface area is 195 Å². The molecule has 1 aromatic heterocycles. The minimum atomic E-state index is 0.0366. The molecule has 3 heterocycles. The lowest BCUT2D eigenvalue weighted by molar-refractivity contribution is -0.137. The number of anilines is 1. The summed E-state index contributed by atoms with van der Waals surface area (Å²) in [4.78, 5) is 29.4. The van der Waals surface area contributed by atoms with Crippen LogP contribution in [0.1, 0.15) is 18.4 Å². The highest BCUT2D eigenvalue weighted by molar-refractivity contribution is 5.80. The maximum absolute atomic E-state index is 13.3. The Bertz CT molecular complexity index is 1050. The Morgan fingerprint density at radius 3 is 2.36 bits per heavy atom. The second-order valence-corrected chi connectivity index (χ2v) is 8.98. The van der Waals surface area contributed by atoms with Gasteiger partial charge < -0.3 is 9.80 Å². The van der Waals surface area contributed by atoms with E-state index in [2.05, 4.69) is 50.0 Å². The van der Waals surface area contributed by atoms with Crippen LogP contribution < -0.4 is 4.90 Å². The van der Waals surface area contributed by atoms with E-state index in [1.165, 1.54) is 5.56 Å². The molecule has 3 aromatic rings. The highest BCUT2D eigenvalue weighted by atomic mass is 16.2. The first-order valence-corrected chi connectivity index (χ1v) is 11.9. The normalized spacial score (nSPS) is 19.5.